The van der Waals surface area contributed by atoms with Gasteiger partial charge >= 0.3 is 0 Å². The Morgan fingerprint density at radius 2 is 2.04 bits per heavy atom. The van der Waals surface area contributed by atoms with Crippen LogP contribution in [-0.4, -0.2) is 21.1 Å². The zero-order valence-electron chi connectivity index (χ0n) is 15.5. The SMILES string of the molecule is C[C@]12C=CC(=O)C=C1CC[C@@H]1[C@@H]2CC[C@]2(C)C(=O)[C@@H](n3ccnc3)C[C@@H]12. The van der Waals surface area contributed by atoms with Crippen molar-refractivity contribution in [3.05, 3.63) is 42.5 Å². The van der Waals surface area contributed by atoms with Crippen LogP contribution in [0.4, 0.5) is 0 Å². The van der Waals surface area contributed by atoms with Crippen molar-refractivity contribution in [2.45, 2.75) is 52.0 Å². The minimum atomic E-state index is -0.206. The van der Waals surface area contributed by atoms with Crippen molar-refractivity contribution < 1.29 is 9.59 Å². The van der Waals surface area contributed by atoms with Gasteiger partial charge in [0.05, 0.1) is 12.4 Å². The second-order valence-electron chi connectivity index (χ2n) is 9.19. The molecule has 136 valence electrons. The summed E-state index contributed by atoms with van der Waals surface area (Å²) in [7, 11) is 0. The summed E-state index contributed by atoms with van der Waals surface area (Å²) in [6.07, 6.45) is 16.4. The monoisotopic (exact) mass is 350 g/mol. The fourth-order valence-electron chi connectivity index (χ4n) is 6.70. The topological polar surface area (TPSA) is 52.0 Å². The van der Waals surface area contributed by atoms with Crippen molar-refractivity contribution in [3.63, 3.8) is 0 Å². The van der Waals surface area contributed by atoms with Crippen molar-refractivity contribution in [2.75, 3.05) is 0 Å². The lowest BCUT2D eigenvalue weighted by Crippen LogP contribution is -2.49. The molecule has 1 aromatic heterocycles. The lowest BCUT2D eigenvalue weighted by molar-refractivity contribution is -0.133. The lowest BCUT2D eigenvalue weighted by Gasteiger charge is -2.55. The Morgan fingerprint density at radius 3 is 2.81 bits per heavy atom. The van der Waals surface area contributed by atoms with Crippen LogP contribution in [0.1, 0.15) is 52.0 Å². The fraction of sp³-hybridized carbons (Fsp3) is 0.591. The largest absolute Gasteiger partial charge is 0.327 e. The molecule has 26 heavy (non-hydrogen) atoms. The predicted octanol–water partition coefficient (Wildman–Crippen LogP) is 3.91. The molecule has 0 aromatic carbocycles. The second kappa shape index (κ2) is 5.28. The van der Waals surface area contributed by atoms with Gasteiger partial charge in [-0.15, -0.1) is 0 Å². The highest BCUT2D eigenvalue weighted by molar-refractivity contribution is 6.01. The number of carbonyl (C=O) groups is 2. The maximum Gasteiger partial charge on any atom is 0.178 e. The average molecular weight is 350 g/mol. The van der Waals surface area contributed by atoms with Crippen LogP contribution >= 0.6 is 0 Å². The molecule has 6 atom stereocenters. The van der Waals surface area contributed by atoms with Gasteiger partial charge in [0.2, 0.25) is 0 Å². The van der Waals surface area contributed by atoms with Crippen LogP contribution in [0, 0.1) is 28.6 Å². The minimum Gasteiger partial charge on any atom is -0.327 e. The van der Waals surface area contributed by atoms with Gasteiger partial charge in [-0.1, -0.05) is 25.5 Å². The molecule has 0 aliphatic heterocycles. The Kier molecular flexibility index (Phi) is 3.29. The maximum atomic E-state index is 13.3. The predicted molar refractivity (Wildman–Crippen MR) is 98.3 cm³/mol. The molecular formula is C22H26N2O2. The molecular weight excluding hydrogens is 324 g/mol. The van der Waals surface area contributed by atoms with E-state index in [9.17, 15) is 9.59 Å². The molecule has 3 fully saturated rings. The Morgan fingerprint density at radius 1 is 1.19 bits per heavy atom. The molecule has 4 aliphatic carbocycles. The zero-order valence-corrected chi connectivity index (χ0v) is 15.5. The Labute approximate surface area is 154 Å². The quantitative estimate of drug-likeness (QED) is 0.771. The average Bonchev–Trinajstić information content (AvgIpc) is 3.23. The third kappa shape index (κ3) is 1.99. The van der Waals surface area contributed by atoms with Crippen LogP contribution < -0.4 is 0 Å². The van der Waals surface area contributed by atoms with Gasteiger partial charge in [-0.05, 0) is 62.0 Å². The van der Waals surface area contributed by atoms with Crippen LogP contribution in [0.3, 0.4) is 0 Å². The summed E-state index contributed by atoms with van der Waals surface area (Å²) in [4.78, 5) is 29.3. The lowest BCUT2D eigenvalue weighted by atomic mass is 9.48. The summed E-state index contributed by atoms with van der Waals surface area (Å²) in [6, 6.07) is -0.0560. The van der Waals surface area contributed by atoms with E-state index in [2.05, 4.69) is 24.9 Å². The Hall–Kier alpha value is -1.97. The van der Waals surface area contributed by atoms with Gasteiger partial charge in [0.15, 0.2) is 11.6 Å². The van der Waals surface area contributed by atoms with Crippen molar-refractivity contribution in [1.82, 2.24) is 9.55 Å². The molecule has 5 rings (SSSR count). The van der Waals surface area contributed by atoms with Crippen LogP contribution in [-0.2, 0) is 9.59 Å². The number of rotatable bonds is 1. The van der Waals surface area contributed by atoms with E-state index in [-0.39, 0.29) is 22.7 Å². The molecule has 4 nitrogen and oxygen atoms in total. The standard InChI is InChI=1S/C22H26N2O2/c1-21-7-5-15(25)11-14(21)3-4-16-17(21)6-8-22(2)18(16)12-19(20(22)26)24-10-9-23-13-24/h5,7,9-11,13,16-19H,3-4,6,8,12H2,1-2H3/t16-,17+,18+,19+,21+,22+/m1/s1. The second-order valence-corrected chi connectivity index (χ2v) is 9.19. The summed E-state index contributed by atoms with van der Waals surface area (Å²) in [5, 5.41) is 0. The molecule has 4 heteroatoms. The van der Waals surface area contributed by atoms with E-state index >= 15 is 0 Å². The number of imidazole rings is 1. The Balaban J connectivity index is 1.51. The van der Waals surface area contributed by atoms with Crippen molar-refractivity contribution >= 4 is 11.6 Å². The van der Waals surface area contributed by atoms with E-state index in [4.69, 9.17) is 0 Å². The van der Waals surface area contributed by atoms with Gasteiger partial charge in [-0.2, -0.15) is 0 Å². The smallest absolute Gasteiger partial charge is 0.178 e. The molecule has 0 saturated heterocycles. The number of ketones is 2. The molecule has 1 heterocycles. The number of hydrogen-bond acceptors (Lipinski definition) is 3. The molecule has 0 radical (unpaired) electrons. The maximum absolute atomic E-state index is 13.3. The van der Waals surface area contributed by atoms with Crippen LogP contribution in [0.25, 0.3) is 0 Å². The molecule has 4 aliphatic rings. The van der Waals surface area contributed by atoms with Gasteiger partial charge < -0.3 is 4.57 Å². The van der Waals surface area contributed by atoms with E-state index in [1.165, 1.54) is 5.57 Å². The summed E-state index contributed by atoms with van der Waals surface area (Å²) in [6.45, 7) is 4.52. The van der Waals surface area contributed by atoms with Gasteiger partial charge in [-0.25, -0.2) is 4.98 Å². The first-order valence-corrected chi connectivity index (χ1v) is 9.89. The first-order chi connectivity index (χ1) is 12.4. The zero-order chi connectivity index (χ0) is 18.1. The van der Waals surface area contributed by atoms with Crippen LogP contribution in [0.15, 0.2) is 42.5 Å². The minimum absolute atomic E-state index is 0.00566. The van der Waals surface area contributed by atoms with E-state index in [1.54, 1.807) is 18.6 Å². The molecule has 0 unspecified atom stereocenters. The molecule has 0 bridgehead atoms. The first-order valence-electron chi connectivity index (χ1n) is 9.89. The van der Waals surface area contributed by atoms with Gasteiger partial charge in [0.25, 0.3) is 0 Å². The third-order valence-electron chi connectivity index (χ3n) is 8.17. The summed E-state index contributed by atoms with van der Waals surface area (Å²) in [5.74, 6) is 2.07. The van der Waals surface area contributed by atoms with Crippen molar-refractivity contribution in [1.29, 1.82) is 0 Å². The van der Waals surface area contributed by atoms with E-state index in [1.807, 2.05) is 16.8 Å². The molecule has 0 spiro atoms. The first kappa shape index (κ1) is 16.2. The van der Waals surface area contributed by atoms with Crippen molar-refractivity contribution in [2.24, 2.45) is 28.6 Å². The highest BCUT2D eigenvalue weighted by Gasteiger charge is 2.61. The highest BCUT2D eigenvalue weighted by Crippen LogP contribution is 2.64. The van der Waals surface area contributed by atoms with E-state index in [0.29, 0.717) is 23.5 Å². The number of fused-ring (bicyclic) bond motifs is 5. The number of carbonyl (C=O) groups excluding carboxylic acids is 2. The third-order valence-corrected chi connectivity index (χ3v) is 8.17. The normalized spacial score (nSPS) is 44.3. The van der Waals surface area contributed by atoms with Crippen LogP contribution in [0.2, 0.25) is 0 Å². The molecule has 0 N–H and O–H groups in total. The number of allylic oxidation sites excluding steroid dienone is 4. The Bertz CT molecular complexity index is 836. The van der Waals surface area contributed by atoms with Crippen LogP contribution in [0.5, 0.6) is 0 Å². The number of hydrogen-bond donors (Lipinski definition) is 0. The van der Waals surface area contributed by atoms with Gasteiger partial charge in [0.1, 0.15) is 0 Å². The molecule has 3 saturated carbocycles. The number of aromatic nitrogens is 2. The van der Waals surface area contributed by atoms with Gasteiger partial charge in [-0.3, -0.25) is 9.59 Å². The summed E-state index contributed by atoms with van der Waals surface area (Å²) in [5.41, 5.74) is 1.10. The van der Waals surface area contributed by atoms with Crippen molar-refractivity contribution in [3.8, 4) is 0 Å². The summed E-state index contributed by atoms with van der Waals surface area (Å²) >= 11 is 0. The number of nitrogens with zero attached hydrogens (tertiary/aromatic N) is 2. The highest BCUT2D eigenvalue weighted by atomic mass is 16.1. The van der Waals surface area contributed by atoms with Gasteiger partial charge in [0, 0.05) is 23.2 Å². The fourth-order valence-corrected chi connectivity index (χ4v) is 6.70. The summed E-state index contributed by atoms with van der Waals surface area (Å²) < 4.78 is 2.01. The van der Waals surface area contributed by atoms with E-state index in [0.717, 1.165) is 32.1 Å². The molecule has 0 amide bonds. The van der Waals surface area contributed by atoms with E-state index < -0.39 is 0 Å². The number of Topliss-reactive ketones (excluding diaryl/α,β-unsaturated/α-hetero) is 1. The molecule has 1 aromatic rings.